The number of benzene rings is 2. The van der Waals surface area contributed by atoms with Gasteiger partial charge in [0.15, 0.2) is 5.82 Å². The molecule has 4 rings (SSSR count). The number of hydrogen-bond acceptors (Lipinski definition) is 4. The van der Waals surface area contributed by atoms with Crippen LogP contribution in [0.2, 0.25) is 0 Å². The summed E-state index contributed by atoms with van der Waals surface area (Å²) in [5.74, 6) is 0.703. The maximum absolute atomic E-state index is 13.0. The van der Waals surface area contributed by atoms with Crippen molar-refractivity contribution in [3.63, 3.8) is 0 Å². The van der Waals surface area contributed by atoms with Crippen LogP contribution in [-0.2, 0) is 13.0 Å². The molecule has 0 saturated carbocycles. The second kappa shape index (κ2) is 6.49. The van der Waals surface area contributed by atoms with Crippen LogP contribution in [0.4, 0.5) is 5.69 Å². The summed E-state index contributed by atoms with van der Waals surface area (Å²) in [4.78, 5) is 19.0. The maximum Gasteiger partial charge on any atom is 0.258 e. The molecular weight excluding hydrogens is 314 g/mol. The number of amides is 1. The van der Waals surface area contributed by atoms with Crippen molar-refractivity contribution in [2.45, 2.75) is 19.4 Å². The monoisotopic (exact) mass is 333 g/mol. The molecule has 126 valence electrons. The highest BCUT2D eigenvalue weighted by atomic mass is 16.2. The fourth-order valence-corrected chi connectivity index (χ4v) is 3.37. The second-order valence-electron chi connectivity index (χ2n) is 6.09. The number of nitrogens with zero attached hydrogens (tertiary/aromatic N) is 3. The van der Waals surface area contributed by atoms with E-state index in [0.717, 1.165) is 36.2 Å². The molecule has 3 N–H and O–H groups in total. The van der Waals surface area contributed by atoms with Gasteiger partial charge in [-0.25, -0.2) is 4.98 Å². The number of carbonyl (C=O) groups excluding carboxylic acids is 1. The first-order chi connectivity index (χ1) is 12.3. The summed E-state index contributed by atoms with van der Waals surface area (Å²) in [6.45, 7) is 1.22. The van der Waals surface area contributed by atoms with Gasteiger partial charge in [0.1, 0.15) is 6.33 Å². The number of aromatic amines is 1. The molecule has 1 amide bonds. The van der Waals surface area contributed by atoms with E-state index in [1.165, 1.54) is 11.9 Å². The Bertz CT molecular complexity index is 887. The normalized spacial score (nSPS) is 13.6. The van der Waals surface area contributed by atoms with Crippen molar-refractivity contribution in [1.29, 1.82) is 0 Å². The molecule has 0 bridgehead atoms. The lowest BCUT2D eigenvalue weighted by Crippen LogP contribution is -2.36. The number of H-pyrrole nitrogens is 1. The fraction of sp³-hybridized carbons (Fsp3) is 0.211. The first-order valence-corrected chi connectivity index (χ1v) is 8.36. The Balaban J connectivity index is 1.64. The van der Waals surface area contributed by atoms with Crippen LogP contribution >= 0.6 is 0 Å². The molecule has 2 heterocycles. The van der Waals surface area contributed by atoms with Crippen molar-refractivity contribution < 1.29 is 4.79 Å². The molecule has 0 unspecified atom stereocenters. The molecule has 1 aromatic heterocycles. The minimum absolute atomic E-state index is 0.0132. The molecule has 0 radical (unpaired) electrons. The van der Waals surface area contributed by atoms with Crippen molar-refractivity contribution in [3.05, 3.63) is 65.5 Å². The number of carbonyl (C=O) groups is 1. The van der Waals surface area contributed by atoms with E-state index in [9.17, 15) is 4.79 Å². The molecule has 3 aromatic rings. The first-order valence-electron chi connectivity index (χ1n) is 8.36. The quantitative estimate of drug-likeness (QED) is 0.771. The molecule has 1 aliphatic heterocycles. The third-order valence-corrected chi connectivity index (χ3v) is 4.63. The number of anilines is 1. The van der Waals surface area contributed by atoms with Crippen molar-refractivity contribution in [2.24, 2.45) is 5.73 Å². The van der Waals surface area contributed by atoms with E-state index in [1.807, 2.05) is 47.4 Å². The second-order valence-corrected chi connectivity index (χ2v) is 6.09. The predicted molar refractivity (Wildman–Crippen MR) is 96.1 cm³/mol. The smallest absolute Gasteiger partial charge is 0.258 e. The zero-order valence-electron chi connectivity index (χ0n) is 13.8. The number of nitrogens with one attached hydrogen (secondary N) is 1. The van der Waals surface area contributed by atoms with Gasteiger partial charge in [0.05, 0.1) is 0 Å². The van der Waals surface area contributed by atoms with Gasteiger partial charge in [0.2, 0.25) is 0 Å². The number of aromatic nitrogens is 3. The van der Waals surface area contributed by atoms with Crippen LogP contribution in [0.3, 0.4) is 0 Å². The Morgan fingerprint density at radius 1 is 1.20 bits per heavy atom. The molecule has 2 aromatic carbocycles. The van der Waals surface area contributed by atoms with Gasteiger partial charge in [0, 0.05) is 29.9 Å². The lowest BCUT2D eigenvalue weighted by atomic mass is 9.95. The van der Waals surface area contributed by atoms with Crippen LogP contribution in [0.5, 0.6) is 0 Å². The predicted octanol–water partition coefficient (Wildman–Crippen LogP) is 2.52. The van der Waals surface area contributed by atoms with E-state index in [2.05, 4.69) is 15.2 Å². The average molecular weight is 333 g/mol. The Morgan fingerprint density at radius 2 is 2.04 bits per heavy atom. The van der Waals surface area contributed by atoms with Crippen molar-refractivity contribution in [1.82, 2.24) is 15.2 Å². The SMILES string of the molecule is NCc1cccc2c1CCCN2C(=O)c1ccc(-c2ncn[nH]2)cc1. The third-order valence-electron chi connectivity index (χ3n) is 4.63. The number of nitrogens with two attached hydrogens (primary N) is 1. The highest BCUT2D eigenvalue weighted by Gasteiger charge is 2.24. The van der Waals surface area contributed by atoms with Gasteiger partial charge in [-0.3, -0.25) is 9.89 Å². The molecule has 6 nitrogen and oxygen atoms in total. The molecule has 0 aliphatic carbocycles. The maximum atomic E-state index is 13.0. The molecule has 0 spiro atoms. The molecule has 1 aliphatic rings. The lowest BCUT2D eigenvalue weighted by Gasteiger charge is -2.31. The summed E-state index contributed by atoms with van der Waals surface area (Å²) in [6, 6.07) is 13.5. The number of fused-ring (bicyclic) bond motifs is 1. The fourth-order valence-electron chi connectivity index (χ4n) is 3.37. The number of hydrogen-bond donors (Lipinski definition) is 2. The van der Waals surface area contributed by atoms with E-state index in [-0.39, 0.29) is 5.91 Å². The molecule has 0 atom stereocenters. The number of rotatable bonds is 3. The summed E-state index contributed by atoms with van der Waals surface area (Å²) in [5.41, 5.74) is 10.7. The van der Waals surface area contributed by atoms with Crippen LogP contribution < -0.4 is 10.6 Å². The van der Waals surface area contributed by atoms with Crippen molar-refractivity contribution in [2.75, 3.05) is 11.4 Å². The molecule has 25 heavy (non-hydrogen) atoms. The van der Waals surface area contributed by atoms with E-state index in [0.29, 0.717) is 17.9 Å². The van der Waals surface area contributed by atoms with Gasteiger partial charge in [-0.1, -0.05) is 24.3 Å². The Kier molecular flexibility index (Phi) is 4.03. The van der Waals surface area contributed by atoms with Gasteiger partial charge < -0.3 is 10.6 Å². The molecule has 0 fully saturated rings. The summed E-state index contributed by atoms with van der Waals surface area (Å²) >= 11 is 0. The highest BCUT2D eigenvalue weighted by Crippen LogP contribution is 2.31. The third kappa shape index (κ3) is 2.81. The van der Waals surface area contributed by atoms with Gasteiger partial charge in [-0.05, 0) is 42.2 Å². The van der Waals surface area contributed by atoms with E-state index in [1.54, 1.807) is 0 Å². The molecular formula is C19H19N5O. The van der Waals surface area contributed by atoms with E-state index < -0.39 is 0 Å². The van der Waals surface area contributed by atoms with Crippen LogP contribution in [0.25, 0.3) is 11.4 Å². The van der Waals surface area contributed by atoms with Gasteiger partial charge in [-0.15, -0.1) is 0 Å². The highest BCUT2D eigenvalue weighted by molar-refractivity contribution is 6.07. The minimum atomic E-state index is 0.0132. The topological polar surface area (TPSA) is 87.9 Å². The Morgan fingerprint density at radius 3 is 2.76 bits per heavy atom. The van der Waals surface area contributed by atoms with E-state index >= 15 is 0 Å². The van der Waals surface area contributed by atoms with Gasteiger partial charge in [0.25, 0.3) is 5.91 Å². The summed E-state index contributed by atoms with van der Waals surface area (Å²) in [5, 5.41) is 6.67. The Hall–Kier alpha value is -2.99. The van der Waals surface area contributed by atoms with Gasteiger partial charge >= 0.3 is 0 Å². The first kappa shape index (κ1) is 15.5. The zero-order chi connectivity index (χ0) is 17.2. The van der Waals surface area contributed by atoms with Crippen molar-refractivity contribution in [3.8, 4) is 11.4 Å². The van der Waals surface area contributed by atoms with Crippen LogP contribution in [0, 0.1) is 0 Å². The zero-order valence-corrected chi connectivity index (χ0v) is 13.8. The van der Waals surface area contributed by atoms with E-state index in [4.69, 9.17) is 5.73 Å². The summed E-state index contributed by atoms with van der Waals surface area (Å²) in [6.07, 6.45) is 3.39. The summed E-state index contributed by atoms with van der Waals surface area (Å²) in [7, 11) is 0. The summed E-state index contributed by atoms with van der Waals surface area (Å²) < 4.78 is 0. The van der Waals surface area contributed by atoms with Crippen LogP contribution in [0.15, 0.2) is 48.8 Å². The van der Waals surface area contributed by atoms with Crippen molar-refractivity contribution >= 4 is 11.6 Å². The Labute approximate surface area is 145 Å². The largest absolute Gasteiger partial charge is 0.326 e. The standard InChI is InChI=1S/C19H19N5O/c20-11-15-3-1-5-17-16(15)4-2-10-24(17)19(25)14-8-6-13(7-9-14)18-21-12-22-23-18/h1,3,5-9,12H,2,4,10-11,20H2,(H,21,22,23). The molecule has 0 saturated heterocycles. The van der Waals surface area contributed by atoms with Crippen LogP contribution in [-0.4, -0.2) is 27.6 Å². The minimum Gasteiger partial charge on any atom is -0.326 e. The van der Waals surface area contributed by atoms with Gasteiger partial charge in [-0.2, -0.15) is 5.10 Å². The molecule has 6 heteroatoms. The average Bonchev–Trinajstić information content (AvgIpc) is 3.21. The van der Waals surface area contributed by atoms with Crippen LogP contribution in [0.1, 0.15) is 27.9 Å². The lowest BCUT2D eigenvalue weighted by molar-refractivity contribution is 0.0985.